The van der Waals surface area contributed by atoms with Crippen LogP contribution in [0, 0.1) is 0 Å². The fourth-order valence-corrected chi connectivity index (χ4v) is 5.81. The minimum atomic E-state index is -0.171. The first kappa shape index (κ1) is 25.2. The lowest BCUT2D eigenvalue weighted by Gasteiger charge is -2.33. The lowest BCUT2D eigenvalue weighted by molar-refractivity contribution is 0.111. The lowest BCUT2D eigenvalue weighted by Crippen LogP contribution is -2.49. The summed E-state index contributed by atoms with van der Waals surface area (Å²) in [4.78, 5) is 12.3. The van der Waals surface area contributed by atoms with Gasteiger partial charge in [-0.15, -0.1) is 0 Å². The van der Waals surface area contributed by atoms with Crippen molar-refractivity contribution in [2.45, 2.75) is 90.1 Å². The van der Waals surface area contributed by atoms with Crippen LogP contribution in [0.25, 0.3) is 22.2 Å². The third-order valence-corrected chi connectivity index (χ3v) is 8.02. The molecule has 2 fully saturated rings. The molecule has 7 heteroatoms. The number of anilines is 1. The van der Waals surface area contributed by atoms with Crippen LogP contribution in [0.15, 0.2) is 36.7 Å². The van der Waals surface area contributed by atoms with Crippen LogP contribution in [0.5, 0.6) is 0 Å². The van der Waals surface area contributed by atoms with Gasteiger partial charge in [0.2, 0.25) is 5.95 Å². The first-order valence-electron chi connectivity index (χ1n) is 13.9. The van der Waals surface area contributed by atoms with Gasteiger partial charge in [-0.05, 0) is 57.1 Å². The molecule has 3 N–H and O–H groups in total. The van der Waals surface area contributed by atoms with E-state index in [-0.39, 0.29) is 6.10 Å². The van der Waals surface area contributed by atoms with Gasteiger partial charge < -0.3 is 20.3 Å². The average Bonchev–Trinajstić information content (AvgIpc) is 3.25. The second-order valence-corrected chi connectivity index (χ2v) is 10.9. The Morgan fingerprint density at radius 1 is 1.17 bits per heavy atom. The third-order valence-electron chi connectivity index (χ3n) is 8.02. The van der Waals surface area contributed by atoms with Gasteiger partial charge in [-0.1, -0.05) is 37.6 Å². The molecule has 0 amide bonds. The van der Waals surface area contributed by atoms with E-state index in [1.807, 2.05) is 6.20 Å². The number of hydrogen-bond acceptors (Lipinski definition) is 6. The number of aliphatic hydroxyl groups is 1. The number of fused-ring (bicyclic) bond motifs is 1. The maximum atomic E-state index is 10.1. The van der Waals surface area contributed by atoms with Gasteiger partial charge in [-0.2, -0.15) is 4.98 Å². The maximum absolute atomic E-state index is 10.1. The normalized spacial score (nSPS) is 24.2. The van der Waals surface area contributed by atoms with Crippen LogP contribution in [0.3, 0.4) is 0 Å². The molecule has 3 heterocycles. The van der Waals surface area contributed by atoms with E-state index in [2.05, 4.69) is 71.3 Å². The molecule has 36 heavy (non-hydrogen) atoms. The monoisotopic (exact) mass is 490 g/mol. The van der Waals surface area contributed by atoms with Gasteiger partial charge in [0, 0.05) is 67.6 Å². The number of nitrogens with one attached hydrogen (secondary N) is 2. The zero-order chi connectivity index (χ0) is 25.1. The molecule has 2 aliphatic rings. The Hall–Kier alpha value is -2.48. The van der Waals surface area contributed by atoms with Crippen molar-refractivity contribution >= 4 is 17.0 Å². The molecular weight excluding hydrogens is 448 g/mol. The molecule has 3 aromatic rings. The Labute approximate surface area is 215 Å². The van der Waals surface area contributed by atoms with E-state index in [0.29, 0.717) is 24.1 Å². The molecule has 5 rings (SSSR count). The Kier molecular flexibility index (Phi) is 7.89. The van der Waals surface area contributed by atoms with E-state index < -0.39 is 0 Å². The molecule has 194 valence electrons. The Balaban J connectivity index is 1.44. The van der Waals surface area contributed by atoms with Gasteiger partial charge in [-0.25, -0.2) is 4.98 Å². The van der Waals surface area contributed by atoms with Crippen LogP contribution in [0.4, 0.5) is 5.95 Å². The molecule has 0 bridgehead atoms. The Bertz CT molecular complexity index is 1130. The van der Waals surface area contributed by atoms with E-state index in [0.717, 1.165) is 75.7 Å². The van der Waals surface area contributed by atoms with E-state index in [1.54, 1.807) is 0 Å². The summed E-state index contributed by atoms with van der Waals surface area (Å²) < 4.78 is 2.35. The number of piperazine rings is 1. The average molecular weight is 491 g/mol. The summed E-state index contributed by atoms with van der Waals surface area (Å²) >= 11 is 0. The molecule has 2 atom stereocenters. The Morgan fingerprint density at radius 2 is 1.94 bits per heavy atom. The summed E-state index contributed by atoms with van der Waals surface area (Å²) in [6.07, 6.45) is 9.96. The number of rotatable bonds is 8. The Morgan fingerprint density at radius 3 is 2.67 bits per heavy atom. The van der Waals surface area contributed by atoms with Crippen molar-refractivity contribution in [1.82, 2.24) is 24.8 Å². The molecule has 7 nitrogen and oxygen atoms in total. The van der Waals surface area contributed by atoms with Crippen molar-refractivity contribution in [3.63, 3.8) is 0 Å². The topological polar surface area (TPSA) is 78.2 Å². The first-order valence-corrected chi connectivity index (χ1v) is 13.9. The summed E-state index contributed by atoms with van der Waals surface area (Å²) in [6.45, 7) is 10.9. The van der Waals surface area contributed by atoms with Crippen molar-refractivity contribution in [3.8, 4) is 11.1 Å². The molecule has 1 unspecified atom stereocenters. The van der Waals surface area contributed by atoms with Gasteiger partial charge in [0.05, 0.1) is 6.10 Å². The van der Waals surface area contributed by atoms with Crippen LogP contribution in [0.2, 0.25) is 0 Å². The van der Waals surface area contributed by atoms with E-state index >= 15 is 0 Å². The van der Waals surface area contributed by atoms with E-state index in [1.165, 1.54) is 16.7 Å². The van der Waals surface area contributed by atoms with Gasteiger partial charge in [0.15, 0.2) is 0 Å². The molecule has 1 saturated heterocycles. The summed E-state index contributed by atoms with van der Waals surface area (Å²) in [5, 5.41) is 18.1. The maximum Gasteiger partial charge on any atom is 0.224 e. The van der Waals surface area contributed by atoms with Crippen LogP contribution < -0.4 is 10.6 Å². The largest absolute Gasteiger partial charge is 0.393 e. The van der Waals surface area contributed by atoms with Crippen molar-refractivity contribution in [1.29, 1.82) is 0 Å². The smallest absolute Gasteiger partial charge is 0.224 e. The van der Waals surface area contributed by atoms with E-state index in [4.69, 9.17) is 9.97 Å². The minimum absolute atomic E-state index is 0.171. The van der Waals surface area contributed by atoms with Crippen LogP contribution in [-0.2, 0) is 6.54 Å². The van der Waals surface area contributed by atoms with Gasteiger partial charge in [0.1, 0.15) is 5.65 Å². The zero-order valence-electron chi connectivity index (χ0n) is 22.1. The number of nitrogens with zero attached hydrogens (tertiary/aromatic N) is 4. The highest BCUT2D eigenvalue weighted by atomic mass is 16.3. The second kappa shape index (κ2) is 11.3. The van der Waals surface area contributed by atoms with E-state index in [9.17, 15) is 5.11 Å². The van der Waals surface area contributed by atoms with Gasteiger partial charge in [-0.3, -0.25) is 4.90 Å². The summed E-state index contributed by atoms with van der Waals surface area (Å²) in [7, 11) is 0. The van der Waals surface area contributed by atoms with Crippen LogP contribution in [0.1, 0.15) is 70.9 Å². The SMILES string of the molecule is CCCC(C)Nc1ncc2c(-c3ccc(CN4CCNC[C@@H]4C)cc3)cn(C3CCC(O)CC3)c2n1. The van der Waals surface area contributed by atoms with Gasteiger partial charge in [0.25, 0.3) is 0 Å². The minimum Gasteiger partial charge on any atom is -0.393 e. The second-order valence-electron chi connectivity index (χ2n) is 10.9. The number of aromatic nitrogens is 3. The summed E-state index contributed by atoms with van der Waals surface area (Å²) in [6, 6.07) is 10.3. The molecule has 0 spiro atoms. The van der Waals surface area contributed by atoms with Crippen LogP contribution >= 0.6 is 0 Å². The predicted molar refractivity (Wildman–Crippen MR) is 147 cm³/mol. The highest BCUT2D eigenvalue weighted by molar-refractivity contribution is 5.94. The van der Waals surface area contributed by atoms with Crippen LogP contribution in [-0.4, -0.2) is 62.4 Å². The standard InChI is InChI=1S/C29H42N6O/c1-4-5-20(2)32-29-31-17-26-27(19-35(28(26)33-29)24-10-12-25(36)13-11-24)23-8-6-22(7-9-23)18-34-15-14-30-16-21(34)3/h6-9,17,19-21,24-25,30,36H,4-5,10-16,18H2,1-3H3,(H,31,32,33)/t20?,21-,24?,25?/m0/s1. The highest BCUT2D eigenvalue weighted by Gasteiger charge is 2.24. The molecule has 1 saturated carbocycles. The summed E-state index contributed by atoms with van der Waals surface area (Å²) in [5.74, 6) is 0.700. The van der Waals surface area contributed by atoms with Gasteiger partial charge >= 0.3 is 0 Å². The molecule has 1 aromatic carbocycles. The molecular formula is C29H42N6O. The first-order chi connectivity index (χ1) is 17.5. The number of aliphatic hydroxyl groups excluding tert-OH is 1. The fourth-order valence-electron chi connectivity index (χ4n) is 5.81. The van der Waals surface area contributed by atoms with Crippen molar-refractivity contribution < 1.29 is 5.11 Å². The third kappa shape index (κ3) is 5.58. The van der Waals surface area contributed by atoms with Crippen molar-refractivity contribution in [2.24, 2.45) is 0 Å². The highest BCUT2D eigenvalue weighted by Crippen LogP contribution is 2.37. The molecule has 1 aliphatic carbocycles. The number of benzene rings is 1. The predicted octanol–water partition coefficient (Wildman–Crippen LogP) is 4.97. The lowest BCUT2D eigenvalue weighted by atomic mass is 9.93. The quantitative estimate of drug-likeness (QED) is 0.414. The molecule has 2 aromatic heterocycles. The van der Waals surface area contributed by atoms with Crippen molar-refractivity contribution in [2.75, 3.05) is 25.0 Å². The zero-order valence-corrected chi connectivity index (χ0v) is 22.1. The summed E-state index contributed by atoms with van der Waals surface area (Å²) in [5.41, 5.74) is 4.73. The van der Waals surface area contributed by atoms with Crippen molar-refractivity contribution in [3.05, 3.63) is 42.2 Å². The number of hydrogen-bond donors (Lipinski definition) is 3. The fraction of sp³-hybridized carbons (Fsp3) is 0.586. The molecule has 1 aliphatic heterocycles. The molecule has 0 radical (unpaired) electrons.